The van der Waals surface area contributed by atoms with Crippen LogP contribution in [0, 0.1) is 0 Å². The zero-order valence-electron chi connectivity index (χ0n) is 7.46. The Hall–Kier alpha value is -0.780. The van der Waals surface area contributed by atoms with Crippen LogP contribution in [0.15, 0.2) is 23.0 Å². The summed E-state index contributed by atoms with van der Waals surface area (Å²) in [6.45, 7) is 0. The van der Waals surface area contributed by atoms with Gasteiger partial charge in [0.05, 0.1) is 17.2 Å². The fourth-order valence-corrected chi connectivity index (χ4v) is 2.43. The van der Waals surface area contributed by atoms with Gasteiger partial charge in [-0.1, -0.05) is 4.49 Å². The molecule has 2 heterocycles. The Labute approximate surface area is 90.2 Å². The number of hydrogen-bond donors (Lipinski definition) is 1. The first-order valence-electron chi connectivity index (χ1n) is 4.32. The highest BCUT2D eigenvalue weighted by Crippen LogP contribution is 2.21. The summed E-state index contributed by atoms with van der Waals surface area (Å²) in [5.41, 5.74) is 1.28. The lowest BCUT2D eigenvalue weighted by molar-refractivity contribution is 0.171. The Morgan fingerprint density at radius 2 is 2.43 bits per heavy atom. The van der Waals surface area contributed by atoms with Crippen molar-refractivity contribution >= 4 is 22.9 Å². The number of nitrogens with zero attached hydrogens (tertiary/aromatic N) is 2. The number of rotatable bonds is 4. The van der Waals surface area contributed by atoms with Crippen LogP contribution in [0.2, 0.25) is 0 Å². The van der Waals surface area contributed by atoms with Crippen molar-refractivity contribution in [3.05, 3.63) is 33.5 Å². The molecule has 0 bridgehead atoms. The molecule has 1 unspecified atom stereocenters. The van der Waals surface area contributed by atoms with Crippen molar-refractivity contribution in [2.45, 2.75) is 18.9 Å². The zero-order chi connectivity index (χ0) is 9.80. The van der Waals surface area contributed by atoms with Crippen LogP contribution < -0.4 is 0 Å². The predicted octanol–water partition coefficient (Wildman–Crippen LogP) is 2.27. The molecule has 0 spiro atoms. The third-order valence-electron chi connectivity index (χ3n) is 1.99. The molecule has 2 aromatic rings. The third-order valence-corrected chi connectivity index (χ3v) is 3.49. The second kappa shape index (κ2) is 4.63. The number of hydrogen-bond acceptors (Lipinski definition) is 5. The molecule has 2 aromatic heterocycles. The van der Waals surface area contributed by atoms with Gasteiger partial charge in [-0.15, -0.1) is 5.10 Å². The minimum absolute atomic E-state index is 0.421. The Bertz CT molecular complexity index is 358. The number of aryl methyl sites for hydroxylation is 1. The molecule has 1 atom stereocenters. The minimum atomic E-state index is -0.421. The highest BCUT2D eigenvalue weighted by atomic mass is 32.1. The normalized spacial score (nSPS) is 12.9. The lowest BCUT2D eigenvalue weighted by Gasteiger charge is -2.05. The third kappa shape index (κ3) is 2.37. The SMILES string of the molecule is OC(CCc1ccsc1)c1cnns1. The molecule has 0 aliphatic heterocycles. The van der Waals surface area contributed by atoms with E-state index in [0.717, 1.165) is 17.7 Å². The molecule has 0 fully saturated rings. The van der Waals surface area contributed by atoms with Gasteiger partial charge in [0.15, 0.2) is 0 Å². The maximum atomic E-state index is 9.74. The van der Waals surface area contributed by atoms with Crippen molar-refractivity contribution in [2.75, 3.05) is 0 Å². The van der Waals surface area contributed by atoms with Crippen LogP contribution in [0.25, 0.3) is 0 Å². The Kier molecular flexibility index (Phi) is 3.23. The van der Waals surface area contributed by atoms with Gasteiger partial charge >= 0.3 is 0 Å². The molecule has 1 N–H and O–H groups in total. The Morgan fingerprint density at radius 3 is 3.07 bits per heavy atom. The van der Waals surface area contributed by atoms with Gasteiger partial charge in [0, 0.05) is 0 Å². The molecule has 14 heavy (non-hydrogen) atoms. The lowest BCUT2D eigenvalue weighted by atomic mass is 10.1. The maximum Gasteiger partial charge on any atom is 0.0917 e. The van der Waals surface area contributed by atoms with E-state index in [1.54, 1.807) is 17.5 Å². The molecule has 0 aromatic carbocycles. The van der Waals surface area contributed by atoms with Crippen LogP contribution in [0.3, 0.4) is 0 Å². The Morgan fingerprint density at radius 1 is 1.50 bits per heavy atom. The van der Waals surface area contributed by atoms with E-state index in [2.05, 4.69) is 26.4 Å². The molecular weight excluding hydrogens is 216 g/mol. The van der Waals surface area contributed by atoms with Crippen LogP contribution in [-0.2, 0) is 6.42 Å². The molecular formula is C9H10N2OS2. The molecule has 74 valence electrons. The summed E-state index contributed by atoms with van der Waals surface area (Å²) in [7, 11) is 0. The van der Waals surface area contributed by atoms with E-state index in [1.807, 2.05) is 0 Å². The average molecular weight is 226 g/mol. The molecule has 3 nitrogen and oxygen atoms in total. The van der Waals surface area contributed by atoms with Crippen molar-refractivity contribution in [2.24, 2.45) is 0 Å². The van der Waals surface area contributed by atoms with Crippen LogP contribution >= 0.6 is 22.9 Å². The maximum absolute atomic E-state index is 9.74. The number of aliphatic hydroxyl groups is 1. The quantitative estimate of drug-likeness (QED) is 0.870. The van der Waals surface area contributed by atoms with E-state index < -0.39 is 6.10 Å². The predicted molar refractivity (Wildman–Crippen MR) is 57.5 cm³/mol. The van der Waals surface area contributed by atoms with E-state index in [4.69, 9.17) is 0 Å². The summed E-state index contributed by atoms with van der Waals surface area (Å²) in [5, 5.41) is 17.6. The molecule has 0 radical (unpaired) electrons. The first-order valence-corrected chi connectivity index (χ1v) is 6.04. The second-order valence-electron chi connectivity index (χ2n) is 3.01. The fraction of sp³-hybridized carbons (Fsp3) is 0.333. The number of aromatic nitrogens is 2. The van der Waals surface area contributed by atoms with E-state index >= 15 is 0 Å². The van der Waals surface area contributed by atoms with Gasteiger partial charge in [0.2, 0.25) is 0 Å². The standard InChI is InChI=1S/C9H10N2OS2/c12-8(9-5-10-11-14-9)2-1-7-3-4-13-6-7/h3-6,8,12H,1-2H2. The van der Waals surface area contributed by atoms with Crippen LogP contribution in [-0.4, -0.2) is 14.7 Å². The Balaban J connectivity index is 1.87. The van der Waals surface area contributed by atoms with Gasteiger partial charge in [-0.05, 0) is 46.8 Å². The first kappa shape index (κ1) is 9.76. The van der Waals surface area contributed by atoms with Crippen molar-refractivity contribution in [3.63, 3.8) is 0 Å². The molecule has 0 aliphatic rings. The van der Waals surface area contributed by atoms with Crippen molar-refractivity contribution < 1.29 is 5.11 Å². The molecule has 0 aliphatic carbocycles. The first-order chi connectivity index (χ1) is 6.86. The monoisotopic (exact) mass is 226 g/mol. The van der Waals surface area contributed by atoms with E-state index in [0.29, 0.717) is 0 Å². The van der Waals surface area contributed by atoms with Crippen molar-refractivity contribution in [1.29, 1.82) is 0 Å². The smallest absolute Gasteiger partial charge is 0.0917 e. The van der Waals surface area contributed by atoms with Gasteiger partial charge in [0.1, 0.15) is 0 Å². The van der Waals surface area contributed by atoms with Gasteiger partial charge in [-0.2, -0.15) is 11.3 Å². The summed E-state index contributed by atoms with van der Waals surface area (Å²) in [4.78, 5) is 0.847. The second-order valence-corrected chi connectivity index (χ2v) is 4.60. The molecule has 0 amide bonds. The van der Waals surface area contributed by atoms with Crippen molar-refractivity contribution in [1.82, 2.24) is 9.59 Å². The van der Waals surface area contributed by atoms with Gasteiger partial charge < -0.3 is 5.11 Å². The van der Waals surface area contributed by atoms with Crippen LogP contribution in [0.5, 0.6) is 0 Å². The number of aliphatic hydroxyl groups excluding tert-OH is 1. The van der Waals surface area contributed by atoms with Gasteiger partial charge in [0.25, 0.3) is 0 Å². The van der Waals surface area contributed by atoms with Gasteiger partial charge in [-0.25, -0.2) is 0 Å². The minimum Gasteiger partial charge on any atom is -0.387 e. The molecule has 0 saturated heterocycles. The molecule has 2 rings (SSSR count). The van der Waals surface area contributed by atoms with E-state index in [1.165, 1.54) is 17.1 Å². The van der Waals surface area contributed by atoms with E-state index in [-0.39, 0.29) is 0 Å². The largest absolute Gasteiger partial charge is 0.387 e. The fourth-order valence-electron chi connectivity index (χ4n) is 1.20. The summed E-state index contributed by atoms with van der Waals surface area (Å²) in [6, 6.07) is 2.09. The lowest BCUT2D eigenvalue weighted by Crippen LogP contribution is -1.96. The van der Waals surface area contributed by atoms with Crippen LogP contribution in [0.4, 0.5) is 0 Å². The number of thiophene rings is 1. The molecule has 0 saturated carbocycles. The zero-order valence-corrected chi connectivity index (χ0v) is 9.09. The summed E-state index contributed by atoms with van der Waals surface area (Å²) in [6.07, 6.45) is 2.85. The highest BCUT2D eigenvalue weighted by molar-refractivity contribution is 7.08. The summed E-state index contributed by atoms with van der Waals surface area (Å²) in [5.74, 6) is 0. The molecule has 5 heteroatoms. The topological polar surface area (TPSA) is 46.0 Å². The highest BCUT2D eigenvalue weighted by Gasteiger charge is 2.09. The van der Waals surface area contributed by atoms with Crippen LogP contribution in [0.1, 0.15) is 23.0 Å². The van der Waals surface area contributed by atoms with Gasteiger partial charge in [-0.3, -0.25) is 0 Å². The van der Waals surface area contributed by atoms with E-state index in [9.17, 15) is 5.11 Å². The average Bonchev–Trinajstić information content (AvgIpc) is 2.87. The van der Waals surface area contributed by atoms with Crippen molar-refractivity contribution in [3.8, 4) is 0 Å². The summed E-state index contributed by atoms with van der Waals surface area (Å²) >= 11 is 2.94. The summed E-state index contributed by atoms with van der Waals surface area (Å²) < 4.78 is 3.72.